The van der Waals surface area contributed by atoms with Gasteiger partial charge in [-0.2, -0.15) is 4.98 Å². The van der Waals surface area contributed by atoms with E-state index >= 15 is 0 Å². The first-order valence-electron chi connectivity index (χ1n) is 8.48. The van der Waals surface area contributed by atoms with Crippen molar-refractivity contribution in [1.29, 1.82) is 0 Å². The fraction of sp³-hybridized carbons (Fsp3) is 0.200. The van der Waals surface area contributed by atoms with Gasteiger partial charge in [-0.25, -0.2) is 4.98 Å². The van der Waals surface area contributed by atoms with E-state index < -0.39 is 0 Å². The van der Waals surface area contributed by atoms with Gasteiger partial charge < -0.3 is 20.1 Å². The van der Waals surface area contributed by atoms with Gasteiger partial charge in [-0.05, 0) is 48.7 Å². The summed E-state index contributed by atoms with van der Waals surface area (Å²) in [6.45, 7) is 5.05. The third kappa shape index (κ3) is 3.39. The Balaban J connectivity index is 1.46. The minimum Gasteiger partial charge on any atom is -0.454 e. The molecule has 0 bridgehead atoms. The second-order valence-electron chi connectivity index (χ2n) is 6.20. The van der Waals surface area contributed by atoms with Crippen LogP contribution in [-0.4, -0.2) is 16.8 Å². The topological polar surface area (TPSA) is 68.3 Å². The Morgan fingerprint density at radius 2 is 1.81 bits per heavy atom. The summed E-state index contributed by atoms with van der Waals surface area (Å²) in [7, 11) is 0. The van der Waals surface area contributed by atoms with E-state index in [0.717, 1.165) is 39.7 Å². The molecule has 26 heavy (non-hydrogen) atoms. The molecular formula is C20H20N4O2. The fourth-order valence-corrected chi connectivity index (χ4v) is 2.88. The zero-order valence-electron chi connectivity index (χ0n) is 14.7. The van der Waals surface area contributed by atoms with Crippen LogP contribution in [0.1, 0.15) is 16.7 Å². The predicted molar refractivity (Wildman–Crippen MR) is 101 cm³/mol. The standard InChI is InChI=1S/C20H20N4O2/c1-13-4-3-5-14(2)19(13)24-20-21-9-8-18(23-20)22-11-15-6-7-16-17(10-15)26-12-25-16/h3-10H,11-12H2,1-2H3,(H2,21,22,23,24). The molecule has 4 rings (SSSR count). The highest BCUT2D eigenvalue weighted by atomic mass is 16.7. The quantitative estimate of drug-likeness (QED) is 0.721. The SMILES string of the molecule is Cc1cccc(C)c1Nc1nccc(NCc2ccc3c(c2)OCO3)n1. The molecule has 132 valence electrons. The summed E-state index contributed by atoms with van der Waals surface area (Å²) in [6.07, 6.45) is 1.74. The number of aryl methyl sites for hydroxylation is 2. The van der Waals surface area contributed by atoms with Crippen molar-refractivity contribution in [2.75, 3.05) is 17.4 Å². The number of fused-ring (bicyclic) bond motifs is 1. The maximum atomic E-state index is 5.41. The molecule has 0 unspecified atom stereocenters. The van der Waals surface area contributed by atoms with Crippen molar-refractivity contribution < 1.29 is 9.47 Å². The zero-order valence-corrected chi connectivity index (χ0v) is 14.7. The monoisotopic (exact) mass is 348 g/mol. The van der Waals surface area contributed by atoms with Gasteiger partial charge in [0.2, 0.25) is 12.7 Å². The molecule has 6 heteroatoms. The average Bonchev–Trinajstić information content (AvgIpc) is 3.11. The van der Waals surface area contributed by atoms with Crippen molar-refractivity contribution in [3.8, 4) is 11.5 Å². The summed E-state index contributed by atoms with van der Waals surface area (Å²) >= 11 is 0. The van der Waals surface area contributed by atoms with Gasteiger partial charge >= 0.3 is 0 Å². The number of nitrogens with zero attached hydrogens (tertiary/aromatic N) is 2. The van der Waals surface area contributed by atoms with Gasteiger partial charge in [-0.3, -0.25) is 0 Å². The Morgan fingerprint density at radius 3 is 2.65 bits per heavy atom. The minimum atomic E-state index is 0.283. The van der Waals surface area contributed by atoms with E-state index in [-0.39, 0.29) is 6.79 Å². The van der Waals surface area contributed by atoms with Gasteiger partial charge in [-0.1, -0.05) is 24.3 Å². The molecule has 2 heterocycles. The van der Waals surface area contributed by atoms with Crippen LogP contribution in [0.4, 0.5) is 17.5 Å². The number of hydrogen-bond acceptors (Lipinski definition) is 6. The summed E-state index contributed by atoms with van der Waals surface area (Å²) in [4.78, 5) is 8.87. The predicted octanol–water partition coefficient (Wildman–Crippen LogP) is 4.18. The lowest BCUT2D eigenvalue weighted by atomic mass is 10.1. The van der Waals surface area contributed by atoms with E-state index in [1.54, 1.807) is 6.20 Å². The van der Waals surface area contributed by atoms with Crippen LogP contribution in [0.3, 0.4) is 0 Å². The third-order valence-electron chi connectivity index (χ3n) is 4.28. The molecule has 3 aromatic rings. The smallest absolute Gasteiger partial charge is 0.231 e. The van der Waals surface area contributed by atoms with E-state index in [0.29, 0.717) is 12.5 Å². The third-order valence-corrected chi connectivity index (χ3v) is 4.28. The number of rotatable bonds is 5. The van der Waals surface area contributed by atoms with Crippen LogP contribution in [0.2, 0.25) is 0 Å². The molecule has 6 nitrogen and oxygen atoms in total. The second kappa shape index (κ2) is 6.92. The van der Waals surface area contributed by atoms with Gasteiger partial charge in [0, 0.05) is 18.4 Å². The van der Waals surface area contributed by atoms with Gasteiger partial charge in [0.25, 0.3) is 0 Å². The number of para-hydroxylation sites is 1. The molecule has 2 aromatic carbocycles. The van der Waals surface area contributed by atoms with Crippen molar-refractivity contribution in [3.63, 3.8) is 0 Å². The number of anilines is 3. The molecule has 0 spiro atoms. The molecule has 0 fully saturated rings. The molecule has 1 aliphatic heterocycles. The molecular weight excluding hydrogens is 328 g/mol. The number of hydrogen-bond donors (Lipinski definition) is 2. The summed E-state index contributed by atoms with van der Waals surface area (Å²) in [5.41, 5.74) is 4.46. The summed E-state index contributed by atoms with van der Waals surface area (Å²) in [5.74, 6) is 2.89. The maximum absolute atomic E-state index is 5.41. The van der Waals surface area contributed by atoms with Crippen LogP contribution in [0, 0.1) is 13.8 Å². The lowest BCUT2D eigenvalue weighted by molar-refractivity contribution is 0.174. The molecule has 0 amide bonds. The van der Waals surface area contributed by atoms with Gasteiger partial charge in [0.1, 0.15) is 5.82 Å². The lowest BCUT2D eigenvalue weighted by Gasteiger charge is -2.12. The minimum absolute atomic E-state index is 0.283. The normalized spacial score (nSPS) is 12.1. The van der Waals surface area contributed by atoms with Crippen LogP contribution in [0.25, 0.3) is 0 Å². The Hall–Kier alpha value is -3.28. The molecule has 0 atom stereocenters. The van der Waals surface area contributed by atoms with Crippen molar-refractivity contribution in [2.24, 2.45) is 0 Å². The van der Waals surface area contributed by atoms with Crippen molar-refractivity contribution in [3.05, 3.63) is 65.4 Å². The van der Waals surface area contributed by atoms with E-state index in [2.05, 4.69) is 46.6 Å². The lowest BCUT2D eigenvalue weighted by Crippen LogP contribution is -2.05. The molecule has 0 radical (unpaired) electrons. The van der Waals surface area contributed by atoms with Crippen molar-refractivity contribution in [1.82, 2.24) is 9.97 Å². The van der Waals surface area contributed by atoms with Gasteiger partial charge in [0.05, 0.1) is 0 Å². The first-order valence-corrected chi connectivity index (χ1v) is 8.48. The van der Waals surface area contributed by atoms with E-state index in [1.165, 1.54) is 0 Å². The Bertz CT molecular complexity index is 923. The molecule has 1 aliphatic rings. The second-order valence-corrected chi connectivity index (χ2v) is 6.20. The number of benzene rings is 2. The van der Waals surface area contributed by atoms with Crippen LogP contribution in [-0.2, 0) is 6.54 Å². The molecule has 0 aliphatic carbocycles. The molecule has 1 aromatic heterocycles. The van der Waals surface area contributed by atoms with E-state index in [4.69, 9.17) is 9.47 Å². The Labute approximate surface area is 152 Å². The average molecular weight is 348 g/mol. The van der Waals surface area contributed by atoms with Crippen molar-refractivity contribution >= 4 is 17.5 Å². The molecule has 2 N–H and O–H groups in total. The van der Waals surface area contributed by atoms with Crippen LogP contribution >= 0.6 is 0 Å². The van der Waals surface area contributed by atoms with Crippen LogP contribution < -0.4 is 20.1 Å². The largest absolute Gasteiger partial charge is 0.454 e. The highest BCUT2D eigenvalue weighted by Gasteiger charge is 2.13. The maximum Gasteiger partial charge on any atom is 0.231 e. The summed E-state index contributed by atoms with van der Waals surface area (Å²) in [5, 5.41) is 6.63. The molecule has 0 saturated carbocycles. The Morgan fingerprint density at radius 1 is 1.00 bits per heavy atom. The highest BCUT2D eigenvalue weighted by molar-refractivity contribution is 5.63. The Kier molecular flexibility index (Phi) is 4.31. The number of ether oxygens (including phenoxy) is 2. The summed E-state index contributed by atoms with van der Waals surface area (Å²) in [6, 6.07) is 13.9. The molecule has 0 saturated heterocycles. The fourth-order valence-electron chi connectivity index (χ4n) is 2.88. The van der Waals surface area contributed by atoms with Crippen LogP contribution in [0.15, 0.2) is 48.7 Å². The first kappa shape index (κ1) is 16.2. The van der Waals surface area contributed by atoms with Crippen molar-refractivity contribution in [2.45, 2.75) is 20.4 Å². The van der Waals surface area contributed by atoms with Crippen LogP contribution in [0.5, 0.6) is 11.5 Å². The highest BCUT2D eigenvalue weighted by Crippen LogP contribution is 2.32. The number of aromatic nitrogens is 2. The summed E-state index contributed by atoms with van der Waals surface area (Å²) < 4.78 is 10.7. The van der Waals surface area contributed by atoms with E-state index in [1.807, 2.05) is 30.3 Å². The van der Waals surface area contributed by atoms with Gasteiger partial charge in [0.15, 0.2) is 11.5 Å². The number of nitrogens with one attached hydrogen (secondary N) is 2. The zero-order chi connectivity index (χ0) is 17.9. The van der Waals surface area contributed by atoms with Gasteiger partial charge in [-0.15, -0.1) is 0 Å². The first-order chi connectivity index (χ1) is 12.7. The van der Waals surface area contributed by atoms with E-state index in [9.17, 15) is 0 Å².